The summed E-state index contributed by atoms with van der Waals surface area (Å²) in [5, 5.41) is 0.0183. The Morgan fingerprint density at radius 2 is 1.50 bits per heavy atom. The van der Waals surface area contributed by atoms with Crippen LogP contribution in [0.25, 0.3) is 0 Å². The number of rotatable bonds is 4. The van der Waals surface area contributed by atoms with Crippen molar-refractivity contribution in [2.24, 2.45) is 5.73 Å². The normalized spacial score (nSPS) is 23.8. The smallest absolute Gasteiger partial charge is 0.403 e. The molecule has 16 heavy (non-hydrogen) atoms. The molecule has 0 spiro atoms. The number of hydrogen-bond donors (Lipinski definition) is 1. The molecule has 3 nitrogen and oxygen atoms in total. The van der Waals surface area contributed by atoms with Gasteiger partial charge in [0.1, 0.15) is 0 Å². The highest BCUT2D eigenvalue weighted by Crippen LogP contribution is 2.46. The molecular weight excluding hydrogens is 201 g/mol. The highest BCUT2D eigenvalue weighted by Gasteiger charge is 2.55. The summed E-state index contributed by atoms with van der Waals surface area (Å²) in [6, 6.07) is 0. The van der Waals surface area contributed by atoms with Crippen LogP contribution < -0.4 is 5.73 Å². The average Bonchev–Trinajstić information content (AvgIpc) is 2.34. The van der Waals surface area contributed by atoms with Crippen molar-refractivity contribution < 1.29 is 9.31 Å². The van der Waals surface area contributed by atoms with E-state index in [9.17, 15) is 0 Å². The van der Waals surface area contributed by atoms with Crippen molar-refractivity contribution in [3.63, 3.8) is 0 Å². The van der Waals surface area contributed by atoms with Crippen LogP contribution in [-0.4, -0.2) is 24.9 Å². The van der Waals surface area contributed by atoms with E-state index < -0.39 is 0 Å². The van der Waals surface area contributed by atoms with Crippen LogP contribution in [0.5, 0.6) is 0 Å². The Morgan fingerprint density at radius 1 is 1.06 bits per heavy atom. The second-order valence-electron chi connectivity index (χ2n) is 6.47. The molecule has 1 aliphatic rings. The zero-order chi connectivity index (χ0) is 12.6. The SMILES string of the molecule is CC(C)(CCCN)B1OC(C)(C)C(C)(C)O1. The summed E-state index contributed by atoms with van der Waals surface area (Å²) >= 11 is 0. The van der Waals surface area contributed by atoms with Gasteiger partial charge in [0.15, 0.2) is 0 Å². The van der Waals surface area contributed by atoms with E-state index in [4.69, 9.17) is 15.0 Å². The predicted octanol–water partition coefficient (Wildman–Crippen LogP) is 2.60. The lowest BCUT2D eigenvalue weighted by atomic mass is 9.57. The molecule has 2 N–H and O–H groups in total. The average molecular weight is 227 g/mol. The van der Waals surface area contributed by atoms with Gasteiger partial charge in [-0.1, -0.05) is 13.8 Å². The second kappa shape index (κ2) is 4.32. The van der Waals surface area contributed by atoms with Crippen LogP contribution in [-0.2, 0) is 9.31 Å². The van der Waals surface area contributed by atoms with Crippen LogP contribution in [0.2, 0.25) is 5.31 Å². The standard InChI is InChI=1S/C12H26BNO2/c1-10(2,8-7-9-14)13-15-11(3,4)12(5,6)16-13/h7-9,14H2,1-6H3. The number of hydrogen-bond acceptors (Lipinski definition) is 3. The van der Waals surface area contributed by atoms with Crippen LogP contribution in [0, 0.1) is 0 Å². The zero-order valence-corrected chi connectivity index (χ0v) is 11.6. The topological polar surface area (TPSA) is 44.5 Å². The molecule has 1 rings (SSSR count). The summed E-state index contributed by atoms with van der Waals surface area (Å²) in [7, 11) is -0.135. The first-order valence-corrected chi connectivity index (χ1v) is 6.18. The molecular formula is C12H26BNO2. The van der Waals surface area contributed by atoms with Gasteiger partial charge in [0.2, 0.25) is 0 Å². The lowest BCUT2D eigenvalue weighted by Crippen LogP contribution is -2.41. The Morgan fingerprint density at radius 3 is 1.88 bits per heavy atom. The third-order valence-corrected chi connectivity index (χ3v) is 3.92. The van der Waals surface area contributed by atoms with Gasteiger partial charge in [-0.2, -0.15) is 0 Å². The molecule has 94 valence electrons. The van der Waals surface area contributed by atoms with E-state index in [-0.39, 0.29) is 23.6 Å². The van der Waals surface area contributed by atoms with Gasteiger partial charge >= 0.3 is 7.12 Å². The fourth-order valence-corrected chi connectivity index (χ4v) is 1.84. The van der Waals surface area contributed by atoms with E-state index in [0.717, 1.165) is 19.4 Å². The van der Waals surface area contributed by atoms with Crippen LogP contribution >= 0.6 is 0 Å². The van der Waals surface area contributed by atoms with Crippen molar-refractivity contribution in [2.75, 3.05) is 6.54 Å². The van der Waals surface area contributed by atoms with E-state index in [0.29, 0.717) is 0 Å². The van der Waals surface area contributed by atoms with Crippen LogP contribution in [0.15, 0.2) is 0 Å². The first kappa shape index (κ1) is 14.0. The van der Waals surface area contributed by atoms with Crippen LogP contribution in [0.1, 0.15) is 54.4 Å². The molecule has 0 bridgehead atoms. The fraction of sp³-hybridized carbons (Fsp3) is 1.00. The third kappa shape index (κ3) is 2.61. The molecule has 1 fully saturated rings. The van der Waals surface area contributed by atoms with Crippen molar-refractivity contribution in [3.05, 3.63) is 0 Å². The van der Waals surface area contributed by atoms with E-state index in [1.54, 1.807) is 0 Å². The molecule has 0 radical (unpaired) electrons. The maximum Gasteiger partial charge on any atom is 0.463 e. The monoisotopic (exact) mass is 227 g/mol. The zero-order valence-electron chi connectivity index (χ0n) is 11.6. The lowest BCUT2D eigenvalue weighted by molar-refractivity contribution is 0.00578. The summed E-state index contributed by atoms with van der Waals surface area (Å²) in [6.07, 6.45) is 2.04. The van der Waals surface area contributed by atoms with Gasteiger partial charge in [-0.3, -0.25) is 0 Å². The Labute approximate surface area is 100 Å². The molecule has 1 aliphatic heterocycles. The van der Waals surface area contributed by atoms with Gasteiger partial charge in [-0.15, -0.1) is 0 Å². The molecule has 0 amide bonds. The van der Waals surface area contributed by atoms with Crippen molar-refractivity contribution in [2.45, 2.75) is 70.9 Å². The van der Waals surface area contributed by atoms with Crippen LogP contribution in [0.4, 0.5) is 0 Å². The quantitative estimate of drug-likeness (QED) is 0.751. The minimum atomic E-state index is -0.238. The van der Waals surface area contributed by atoms with E-state index >= 15 is 0 Å². The van der Waals surface area contributed by atoms with Crippen molar-refractivity contribution >= 4 is 7.12 Å². The molecule has 1 saturated heterocycles. The summed E-state index contributed by atoms with van der Waals surface area (Å²) in [4.78, 5) is 0. The molecule has 0 aromatic heterocycles. The molecule has 0 saturated carbocycles. The highest BCUT2D eigenvalue weighted by atomic mass is 16.7. The Bertz CT molecular complexity index is 235. The molecule has 1 heterocycles. The van der Waals surface area contributed by atoms with Crippen molar-refractivity contribution in [1.82, 2.24) is 0 Å². The minimum absolute atomic E-state index is 0.0183. The molecule has 4 heteroatoms. The maximum absolute atomic E-state index is 6.06. The van der Waals surface area contributed by atoms with Gasteiger partial charge < -0.3 is 15.0 Å². The third-order valence-electron chi connectivity index (χ3n) is 3.92. The summed E-state index contributed by atoms with van der Waals surface area (Å²) in [5.74, 6) is 0. The van der Waals surface area contributed by atoms with Crippen LogP contribution in [0.3, 0.4) is 0 Å². The Kier molecular flexibility index (Phi) is 3.78. The molecule has 0 aliphatic carbocycles. The van der Waals surface area contributed by atoms with Crippen molar-refractivity contribution in [3.8, 4) is 0 Å². The number of nitrogens with two attached hydrogens (primary N) is 1. The van der Waals surface area contributed by atoms with Gasteiger partial charge in [0.05, 0.1) is 11.2 Å². The van der Waals surface area contributed by atoms with Gasteiger partial charge in [-0.25, -0.2) is 0 Å². The largest absolute Gasteiger partial charge is 0.463 e. The first-order valence-electron chi connectivity index (χ1n) is 6.18. The van der Waals surface area contributed by atoms with Crippen molar-refractivity contribution in [1.29, 1.82) is 0 Å². The molecule has 0 aromatic rings. The first-order chi connectivity index (χ1) is 7.12. The summed E-state index contributed by atoms with van der Waals surface area (Å²) in [5.41, 5.74) is 5.08. The second-order valence-corrected chi connectivity index (χ2v) is 6.47. The molecule has 0 atom stereocenters. The highest BCUT2D eigenvalue weighted by molar-refractivity contribution is 6.49. The van der Waals surface area contributed by atoms with Gasteiger partial charge in [-0.05, 0) is 47.1 Å². The fourth-order valence-electron chi connectivity index (χ4n) is 1.84. The Hall–Kier alpha value is -0.0551. The maximum atomic E-state index is 6.06. The van der Waals surface area contributed by atoms with Gasteiger partial charge in [0, 0.05) is 5.31 Å². The van der Waals surface area contributed by atoms with E-state index in [1.807, 2.05) is 0 Å². The molecule has 0 aromatic carbocycles. The van der Waals surface area contributed by atoms with E-state index in [2.05, 4.69) is 41.5 Å². The van der Waals surface area contributed by atoms with E-state index in [1.165, 1.54) is 0 Å². The Balaban J connectivity index is 2.71. The minimum Gasteiger partial charge on any atom is -0.403 e. The predicted molar refractivity (Wildman–Crippen MR) is 68.4 cm³/mol. The van der Waals surface area contributed by atoms with Gasteiger partial charge in [0.25, 0.3) is 0 Å². The summed E-state index contributed by atoms with van der Waals surface area (Å²) in [6.45, 7) is 13.5. The lowest BCUT2D eigenvalue weighted by Gasteiger charge is -2.32. The summed E-state index contributed by atoms with van der Waals surface area (Å²) < 4.78 is 12.1. The molecule has 0 unspecified atom stereocenters.